The Balaban J connectivity index is 1.87. The quantitative estimate of drug-likeness (QED) is 0.635. The van der Waals surface area contributed by atoms with E-state index in [2.05, 4.69) is 10.5 Å². The van der Waals surface area contributed by atoms with Gasteiger partial charge in [-0.2, -0.15) is 5.10 Å². The fraction of sp³-hybridized carbons (Fsp3) is 0.429. The van der Waals surface area contributed by atoms with E-state index < -0.39 is 0 Å². The first-order chi connectivity index (χ1) is 8.77. The van der Waals surface area contributed by atoms with Gasteiger partial charge in [0.15, 0.2) is 0 Å². The first-order valence-electron chi connectivity index (χ1n) is 6.38. The van der Waals surface area contributed by atoms with Crippen LogP contribution in [-0.2, 0) is 4.79 Å². The molecule has 2 rings (SSSR count). The normalized spacial score (nSPS) is 16.9. The molecule has 1 aliphatic rings. The number of carbonyl (C=O) groups excluding carboxylic acids is 1. The highest BCUT2D eigenvalue weighted by Crippen LogP contribution is 2.23. The molecular formula is C14H18N2O2. The van der Waals surface area contributed by atoms with Crippen molar-refractivity contribution >= 4 is 12.1 Å². The summed E-state index contributed by atoms with van der Waals surface area (Å²) in [5, 5.41) is 13.4. The van der Waals surface area contributed by atoms with E-state index in [1.807, 2.05) is 6.07 Å². The van der Waals surface area contributed by atoms with Gasteiger partial charge in [-0.25, -0.2) is 5.43 Å². The van der Waals surface area contributed by atoms with Crippen molar-refractivity contribution in [2.75, 3.05) is 0 Å². The van der Waals surface area contributed by atoms with Gasteiger partial charge in [-0.05, 0) is 25.0 Å². The van der Waals surface area contributed by atoms with Gasteiger partial charge in [-0.1, -0.05) is 31.4 Å². The number of nitrogens with zero attached hydrogens (tertiary/aromatic N) is 1. The Labute approximate surface area is 107 Å². The van der Waals surface area contributed by atoms with E-state index >= 15 is 0 Å². The van der Waals surface area contributed by atoms with Crippen LogP contribution < -0.4 is 5.43 Å². The van der Waals surface area contributed by atoms with Crippen molar-refractivity contribution in [3.63, 3.8) is 0 Å². The molecule has 1 amide bonds. The number of amides is 1. The number of nitrogens with one attached hydrogen (secondary N) is 1. The molecule has 1 fully saturated rings. The minimum atomic E-state index is -0.0126. The highest BCUT2D eigenvalue weighted by Gasteiger charge is 2.20. The molecule has 1 aromatic rings. The van der Waals surface area contributed by atoms with Gasteiger partial charge in [0.2, 0.25) is 5.91 Å². The van der Waals surface area contributed by atoms with Gasteiger partial charge >= 0.3 is 0 Å². The Kier molecular flexibility index (Phi) is 4.34. The van der Waals surface area contributed by atoms with Crippen molar-refractivity contribution in [3.8, 4) is 5.75 Å². The van der Waals surface area contributed by atoms with Crippen molar-refractivity contribution in [2.24, 2.45) is 11.0 Å². The van der Waals surface area contributed by atoms with Gasteiger partial charge in [0, 0.05) is 11.5 Å². The molecule has 2 N–H and O–H groups in total. The summed E-state index contributed by atoms with van der Waals surface area (Å²) in [5.41, 5.74) is 3.15. The molecule has 4 nitrogen and oxygen atoms in total. The second-order valence-corrected chi connectivity index (χ2v) is 4.63. The lowest BCUT2D eigenvalue weighted by Crippen LogP contribution is -2.28. The summed E-state index contributed by atoms with van der Waals surface area (Å²) < 4.78 is 0. The third-order valence-electron chi connectivity index (χ3n) is 3.29. The number of hydrogen-bond acceptors (Lipinski definition) is 3. The monoisotopic (exact) mass is 246 g/mol. The van der Waals surface area contributed by atoms with Crippen LogP contribution in [-0.4, -0.2) is 17.2 Å². The summed E-state index contributed by atoms with van der Waals surface area (Å²) in [4.78, 5) is 11.8. The number of hydrogen-bond donors (Lipinski definition) is 2. The van der Waals surface area contributed by atoms with E-state index in [4.69, 9.17) is 0 Å². The van der Waals surface area contributed by atoms with Crippen molar-refractivity contribution in [2.45, 2.75) is 32.1 Å². The topological polar surface area (TPSA) is 61.7 Å². The molecule has 0 aromatic heterocycles. The standard InChI is InChI=1S/C14H18N2O2/c17-13-9-5-4-8-12(13)10-15-16-14(18)11-6-2-1-3-7-11/h4-5,8-11,17H,1-3,6-7H2,(H,16,18). The molecule has 1 aliphatic carbocycles. The molecule has 0 spiro atoms. The van der Waals surface area contributed by atoms with Crippen LogP contribution >= 0.6 is 0 Å². The van der Waals surface area contributed by atoms with Crippen molar-refractivity contribution < 1.29 is 9.90 Å². The second kappa shape index (κ2) is 6.19. The second-order valence-electron chi connectivity index (χ2n) is 4.63. The average Bonchev–Trinajstić information content (AvgIpc) is 2.42. The maximum Gasteiger partial charge on any atom is 0.243 e. The van der Waals surface area contributed by atoms with Crippen LogP contribution in [0.5, 0.6) is 5.75 Å². The van der Waals surface area contributed by atoms with Gasteiger partial charge in [-0.15, -0.1) is 0 Å². The molecule has 18 heavy (non-hydrogen) atoms. The molecule has 0 atom stereocenters. The summed E-state index contributed by atoms with van der Waals surface area (Å²) >= 11 is 0. The lowest BCUT2D eigenvalue weighted by Gasteiger charge is -2.19. The van der Waals surface area contributed by atoms with Gasteiger partial charge in [-0.3, -0.25) is 4.79 Å². The molecule has 0 bridgehead atoms. The Morgan fingerprint density at radius 3 is 2.72 bits per heavy atom. The zero-order valence-corrected chi connectivity index (χ0v) is 10.3. The van der Waals surface area contributed by atoms with Crippen LogP contribution in [0.15, 0.2) is 29.4 Å². The maximum atomic E-state index is 11.8. The van der Waals surface area contributed by atoms with Crippen molar-refractivity contribution in [3.05, 3.63) is 29.8 Å². The van der Waals surface area contributed by atoms with Crippen molar-refractivity contribution in [1.29, 1.82) is 0 Å². The summed E-state index contributed by atoms with van der Waals surface area (Å²) in [6, 6.07) is 6.88. The zero-order chi connectivity index (χ0) is 12.8. The van der Waals surface area contributed by atoms with Gasteiger partial charge < -0.3 is 5.11 Å². The number of para-hydroxylation sites is 1. The van der Waals surface area contributed by atoms with E-state index in [9.17, 15) is 9.90 Å². The smallest absolute Gasteiger partial charge is 0.243 e. The third kappa shape index (κ3) is 3.32. The molecule has 0 saturated heterocycles. The molecule has 1 aromatic carbocycles. The molecule has 1 saturated carbocycles. The highest BCUT2D eigenvalue weighted by atomic mass is 16.3. The number of benzene rings is 1. The fourth-order valence-corrected chi connectivity index (χ4v) is 2.22. The number of phenols is 1. The van der Waals surface area contributed by atoms with E-state index in [1.165, 1.54) is 12.6 Å². The molecule has 0 radical (unpaired) electrons. The SMILES string of the molecule is O=C(NN=Cc1ccccc1O)C1CCCCC1. The number of carbonyl (C=O) groups is 1. The Morgan fingerprint density at radius 2 is 2.00 bits per heavy atom. The van der Waals surface area contributed by atoms with Gasteiger partial charge in [0.1, 0.15) is 5.75 Å². The fourth-order valence-electron chi connectivity index (χ4n) is 2.22. The number of aromatic hydroxyl groups is 1. The predicted octanol–water partition coefficient (Wildman–Crippen LogP) is 2.42. The van der Waals surface area contributed by atoms with Crippen LogP contribution in [0.3, 0.4) is 0 Å². The van der Waals surface area contributed by atoms with E-state index in [0.717, 1.165) is 25.7 Å². The van der Waals surface area contributed by atoms with Crippen LogP contribution in [0.1, 0.15) is 37.7 Å². The largest absolute Gasteiger partial charge is 0.507 e. The average molecular weight is 246 g/mol. The molecule has 96 valence electrons. The number of phenolic OH excluding ortho intramolecular Hbond substituents is 1. The first-order valence-corrected chi connectivity index (χ1v) is 6.38. The molecule has 0 aliphatic heterocycles. The maximum absolute atomic E-state index is 11.8. The molecule has 0 heterocycles. The summed E-state index contributed by atoms with van der Waals surface area (Å²) in [6.45, 7) is 0. The number of rotatable bonds is 3. The van der Waals surface area contributed by atoms with E-state index in [-0.39, 0.29) is 17.6 Å². The molecule has 0 unspecified atom stereocenters. The summed E-state index contributed by atoms with van der Waals surface area (Å²) in [6.07, 6.45) is 6.86. The van der Waals surface area contributed by atoms with Crippen LogP contribution in [0.4, 0.5) is 0 Å². The van der Waals surface area contributed by atoms with E-state index in [1.54, 1.807) is 18.2 Å². The minimum absolute atomic E-state index is 0.0126. The molecular weight excluding hydrogens is 228 g/mol. The minimum Gasteiger partial charge on any atom is -0.507 e. The lowest BCUT2D eigenvalue weighted by molar-refractivity contribution is -0.125. The Hall–Kier alpha value is -1.84. The van der Waals surface area contributed by atoms with Crippen LogP contribution in [0.25, 0.3) is 0 Å². The van der Waals surface area contributed by atoms with Crippen LogP contribution in [0.2, 0.25) is 0 Å². The van der Waals surface area contributed by atoms with Crippen LogP contribution in [0, 0.1) is 5.92 Å². The highest BCUT2D eigenvalue weighted by molar-refractivity contribution is 5.85. The zero-order valence-electron chi connectivity index (χ0n) is 10.3. The van der Waals surface area contributed by atoms with Gasteiger partial charge in [0.25, 0.3) is 0 Å². The number of hydrazone groups is 1. The van der Waals surface area contributed by atoms with E-state index in [0.29, 0.717) is 5.56 Å². The first kappa shape index (κ1) is 12.6. The Bertz CT molecular complexity index is 437. The van der Waals surface area contributed by atoms with Gasteiger partial charge in [0.05, 0.1) is 6.21 Å². The Morgan fingerprint density at radius 1 is 1.28 bits per heavy atom. The summed E-state index contributed by atoms with van der Waals surface area (Å²) in [7, 11) is 0. The van der Waals surface area contributed by atoms with Crippen molar-refractivity contribution in [1.82, 2.24) is 5.43 Å². The third-order valence-corrected chi connectivity index (χ3v) is 3.29. The molecule has 4 heteroatoms. The predicted molar refractivity (Wildman–Crippen MR) is 70.4 cm³/mol. The summed E-state index contributed by atoms with van der Waals surface area (Å²) in [5.74, 6) is 0.245. The lowest BCUT2D eigenvalue weighted by atomic mass is 9.89.